The summed E-state index contributed by atoms with van der Waals surface area (Å²) in [6.07, 6.45) is -0.329. The van der Waals surface area contributed by atoms with E-state index in [1.807, 2.05) is 0 Å². The van der Waals surface area contributed by atoms with Gasteiger partial charge in [0, 0.05) is 6.42 Å². The van der Waals surface area contributed by atoms with Gasteiger partial charge < -0.3 is 10.1 Å². The van der Waals surface area contributed by atoms with Crippen molar-refractivity contribution in [1.29, 1.82) is 0 Å². The number of esters is 1. The van der Waals surface area contributed by atoms with Crippen LogP contribution in [0.25, 0.3) is 0 Å². The zero-order valence-corrected chi connectivity index (χ0v) is 15.1. The average molecular weight is 357 g/mol. The molecule has 0 heterocycles. The molecule has 0 aliphatic carbocycles. The fraction of sp³-hybridized carbons (Fsp3) is 0.500. The van der Waals surface area contributed by atoms with Gasteiger partial charge in [-0.25, -0.2) is 0 Å². The Labute approximate surface area is 142 Å². The lowest BCUT2D eigenvalue weighted by Gasteiger charge is -2.20. The molecule has 1 aromatic rings. The van der Waals surface area contributed by atoms with Crippen LogP contribution in [0.4, 0.5) is 0 Å². The van der Waals surface area contributed by atoms with Crippen molar-refractivity contribution in [3.8, 4) is 0 Å². The van der Waals surface area contributed by atoms with E-state index in [2.05, 4.69) is 5.32 Å². The summed E-state index contributed by atoms with van der Waals surface area (Å²) in [5.41, 5.74) is 0.0627. The highest BCUT2D eigenvalue weighted by Crippen LogP contribution is 2.09. The predicted octanol–water partition coefficient (Wildman–Crippen LogP) is 1.03. The van der Waals surface area contributed by atoms with Crippen LogP contribution in [0.2, 0.25) is 0 Å². The first-order valence-corrected chi connectivity index (χ1v) is 9.20. The highest BCUT2D eigenvalue weighted by molar-refractivity contribution is 7.86. The Morgan fingerprint density at radius 2 is 1.75 bits per heavy atom. The van der Waals surface area contributed by atoms with Gasteiger partial charge in [-0.1, -0.05) is 30.3 Å². The molecule has 0 unspecified atom stereocenters. The normalized spacial score (nSPS) is 13.2. The van der Waals surface area contributed by atoms with Gasteiger partial charge in [0.15, 0.2) is 6.10 Å². The van der Waals surface area contributed by atoms with Gasteiger partial charge in [-0.15, -0.1) is 0 Å². The van der Waals surface area contributed by atoms with Gasteiger partial charge in [0.1, 0.15) is 12.1 Å². The summed E-state index contributed by atoms with van der Waals surface area (Å²) in [6.45, 7) is 4.75. The summed E-state index contributed by atoms with van der Waals surface area (Å²) in [7, 11) is -3.83. The molecule has 134 valence electrons. The number of amides is 1. The van der Waals surface area contributed by atoms with Crippen LogP contribution in [0.1, 0.15) is 26.3 Å². The number of ether oxygens (including phenoxy) is 1. The molecule has 1 N–H and O–H groups in total. The number of carbonyl (C=O) groups is 2. The predicted molar refractivity (Wildman–Crippen MR) is 88.7 cm³/mol. The molecule has 0 saturated carbocycles. The summed E-state index contributed by atoms with van der Waals surface area (Å²) < 4.78 is 32.7. The average Bonchev–Trinajstić information content (AvgIpc) is 2.42. The Bertz CT molecular complexity index is 664. The van der Waals surface area contributed by atoms with E-state index in [4.69, 9.17) is 8.92 Å². The van der Waals surface area contributed by atoms with Crippen LogP contribution in [0.5, 0.6) is 0 Å². The van der Waals surface area contributed by atoms with Crippen molar-refractivity contribution < 1.29 is 26.9 Å². The molecule has 1 amide bonds. The molecule has 0 aliphatic heterocycles. The Kier molecular flexibility index (Phi) is 6.92. The molecule has 1 atom stereocenters. The van der Waals surface area contributed by atoms with Crippen molar-refractivity contribution in [2.75, 3.05) is 12.8 Å². The molecule has 0 fully saturated rings. The summed E-state index contributed by atoms with van der Waals surface area (Å²) >= 11 is 0. The molecule has 1 rings (SSSR count). The van der Waals surface area contributed by atoms with Crippen LogP contribution >= 0.6 is 0 Å². The molecule has 0 saturated heterocycles. The molecule has 7 nitrogen and oxygen atoms in total. The standard InChI is InChI=1S/C16H23NO6S/c1-16(2,3)22-14(18)11-17-15(19)13(23-24(4,20)21)10-12-8-6-5-7-9-12/h5-9,13H,10-11H2,1-4H3,(H,17,19)/t13-/m0/s1. The van der Waals surface area contributed by atoms with E-state index in [-0.39, 0.29) is 13.0 Å². The Morgan fingerprint density at radius 3 is 2.25 bits per heavy atom. The molecule has 0 spiro atoms. The topological polar surface area (TPSA) is 98.8 Å². The van der Waals surface area contributed by atoms with Crippen LogP contribution in [0, 0.1) is 0 Å². The lowest BCUT2D eigenvalue weighted by Crippen LogP contribution is -2.42. The van der Waals surface area contributed by atoms with E-state index in [1.54, 1.807) is 51.1 Å². The number of benzene rings is 1. The van der Waals surface area contributed by atoms with Crippen molar-refractivity contribution in [2.45, 2.75) is 38.9 Å². The highest BCUT2D eigenvalue weighted by atomic mass is 32.2. The van der Waals surface area contributed by atoms with Gasteiger partial charge in [-0.3, -0.25) is 13.8 Å². The third-order valence-electron chi connectivity index (χ3n) is 2.67. The van der Waals surface area contributed by atoms with E-state index in [0.717, 1.165) is 11.8 Å². The Balaban J connectivity index is 2.72. The van der Waals surface area contributed by atoms with E-state index < -0.39 is 33.7 Å². The Morgan fingerprint density at radius 1 is 1.17 bits per heavy atom. The molecule has 0 aliphatic rings. The van der Waals surface area contributed by atoms with Crippen molar-refractivity contribution in [2.24, 2.45) is 0 Å². The molecule has 0 radical (unpaired) electrons. The smallest absolute Gasteiger partial charge is 0.325 e. The fourth-order valence-electron chi connectivity index (χ4n) is 1.86. The first kappa shape index (κ1) is 20.1. The monoisotopic (exact) mass is 357 g/mol. The van der Waals surface area contributed by atoms with Gasteiger partial charge in [-0.2, -0.15) is 8.42 Å². The SMILES string of the molecule is CC(C)(C)OC(=O)CNC(=O)[C@H](Cc1ccccc1)OS(C)(=O)=O. The highest BCUT2D eigenvalue weighted by Gasteiger charge is 2.25. The summed E-state index contributed by atoms with van der Waals surface area (Å²) in [4.78, 5) is 23.8. The fourth-order valence-corrected chi connectivity index (χ4v) is 2.44. The minimum Gasteiger partial charge on any atom is -0.459 e. The number of hydrogen-bond acceptors (Lipinski definition) is 6. The molecule has 0 bridgehead atoms. The minimum atomic E-state index is -3.83. The lowest BCUT2D eigenvalue weighted by atomic mass is 10.1. The van der Waals surface area contributed by atoms with Gasteiger partial charge in [0.25, 0.3) is 16.0 Å². The number of nitrogens with one attached hydrogen (secondary N) is 1. The molecular formula is C16H23NO6S. The van der Waals surface area contributed by atoms with E-state index >= 15 is 0 Å². The van der Waals surface area contributed by atoms with Gasteiger partial charge >= 0.3 is 5.97 Å². The van der Waals surface area contributed by atoms with Crippen molar-refractivity contribution in [3.63, 3.8) is 0 Å². The zero-order chi connectivity index (χ0) is 18.4. The largest absolute Gasteiger partial charge is 0.459 e. The summed E-state index contributed by atoms with van der Waals surface area (Å²) in [5, 5.41) is 2.35. The van der Waals surface area contributed by atoms with Crippen LogP contribution in [-0.4, -0.2) is 44.8 Å². The first-order valence-electron chi connectivity index (χ1n) is 7.38. The van der Waals surface area contributed by atoms with E-state index in [0.29, 0.717) is 0 Å². The number of carbonyl (C=O) groups excluding carboxylic acids is 2. The van der Waals surface area contributed by atoms with Crippen LogP contribution in [0.15, 0.2) is 30.3 Å². The van der Waals surface area contributed by atoms with Crippen molar-refractivity contribution in [3.05, 3.63) is 35.9 Å². The van der Waals surface area contributed by atoms with Crippen molar-refractivity contribution in [1.82, 2.24) is 5.32 Å². The molecule has 0 aromatic heterocycles. The van der Waals surface area contributed by atoms with Gasteiger partial charge in [-0.05, 0) is 26.3 Å². The lowest BCUT2D eigenvalue weighted by molar-refractivity contribution is -0.154. The molecule has 24 heavy (non-hydrogen) atoms. The second kappa shape index (κ2) is 8.25. The maximum atomic E-state index is 12.2. The van der Waals surface area contributed by atoms with E-state index in [1.165, 1.54) is 0 Å². The van der Waals surface area contributed by atoms with Crippen LogP contribution in [-0.2, 0) is 35.0 Å². The van der Waals surface area contributed by atoms with Crippen LogP contribution in [0.3, 0.4) is 0 Å². The number of rotatable bonds is 7. The molecular weight excluding hydrogens is 334 g/mol. The molecule has 8 heteroatoms. The maximum Gasteiger partial charge on any atom is 0.325 e. The summed E-state index contributed by atoms with van der Waals surface area (Å²) in [5.74, 6) is -1.32. The maximum absolute atomic E-state index is 12.2. The summed E-state index contributed by atoms with van der Waals surface area (Å²) in [6, 6.07) is 8.84. The third-order valence-corrected chi connectivity index (χ3v) is 3.26. The van der Waals surface area contributed by atoms with E-state index in [9.17, 15) is 18.0 Å². The Hall–Kier alpha value is -1.93. The minimum absolute atomic E-state index is 0.0636. The quantitative estimate of drug-likeness (QED) is 0.578. The second-order valence-corrected chi connectivity index (χ2v) is 7.88. The van der Waals surface area contributed by atoms with Crippen LogP contribution < -0.4 is 5.32 Å². The molecule has 1 aromatic carbocycles. The number of hydrogen-bond donors (Lipinski definition) is 1. The second-order valence-electron chi connectivity index (χ2n) is 6.28. The zero-order valence-electron chi connectivity index (χ0n) is 14.2. The van der Waals surface area contributed by atoms with Gasteiger partial charge in [0.2, 0.25) is 0 Å². The first-order chi connectivity index (χ1) is 11.0. The third kappa shape index (κ3) is 8.64. The van der Waals surface area contributed by atoms with Gasteiger partial charge in [0.05, 0.1) is 6.26 Å². The van der Waals surface area contributed by atoms with Crippen molar-refractivity contribution >= 4 is 22.0 Å².